The summed E-state index contributed by atoms with van der Waals surface area (Å²) < 4.78 is 9.80. The first-order valence-corrected chi connectivity index (χ1v) is 5.03. The Morgan fingerprint density at radius 3 is 2.44 bits per heavy atom. The standard InChI is InChI=1S/C9H17NO6/c1-14-8-5-6(9(11)15-2)3-4-7(8)16-10(12)13/h6-8,12-13H,3-5H2,1-2H3/t6-,7-,8-/m0/s1. The van der Waals surface area contributed by atoms with Crippen molar-refractivity contribution in [2.75, 3.05) is 14.2 Å². The molecule has 0 aromatic heterocycles. The lowest BCUT2D eigenvalue weighted by Crippen LogP contribution is -2.42. The lowest BCUT2D eigenvalue weighted by molar-refractivity contribution is -0.510. The van der Waals surface area contributed by atoms with Crippen molar-refractivity contribution < 1.29 is 29.5 Å². The molecule has 0 bridgehead atoms. The van der Waals surface area contributed by atoms with E-state index in [1.807, 2.05) is 0 Å². The molecule has 0 saturated heterocycles. The molecule has 0 radical (unpaired) electrons. The number of hydrogen-bond donors (Lipinski definition) is 2. The summed E-state index contributed by atoms with van der Waals surface area (Å²) in [5.74, 6) is -0.494. The Morgan fingerprint density at radius 1 is 1.25 bits per heavy atom. The van der Waals surface area contributed by atoms with Crippen LogP contribution in [0.5, 0.6) is 0 Å². The SMILES string of the molecule is COC(=O)[C@H]1CC[C@H](ON(O)O)[C@@H](OC)C1. The molecule has 1 fully saturated rings. The van der Waals surface area contributed by atoms with E-state index in [0.717, 1.165) is 0 Å². The van der Waals surface area contributed by atoms with Gasteiger partial charge in [-0.2, -0.15) is 0 Å². The van der Waals surface area contributed by atoms with Crippen LogP contribution in [0.25, 0.3) is 0 Å². The summed E-state index contributed by atoms with van der Waals surface area (Å²) in [5.41, 5.74) is 0. The van der Waals surface area contributed by atoms with Gasteiger partial charge in [-0.25, -0.2) is 4.84 Å². The number of hydrogen-bond acceptors (Lipinski definition) is 7. The minimum Gasteiger partial charge on any atom is -0.469 e. The molecule has 7 nitrogen and oxygen atoms in total. The summed E-state index contributed by atoms with van der Waals surface area (Å²) in [6.07, 6.45) is 0.684. The van der Waals surface area contributed by atoms with Crippen molar-refractivity contribution in [3.05, 3.63) is 0 Å². The van der Waals surface area contributed by atoms with Crippen LogP contribution in [-0.2, 0) is 19.1 Å². The van der Waals surface area contributed by atoms with Gasteiger partial charge >= 0.3 is 5.97 Å². The number of carbonyl (C=O) groups is 1. The third kappa shape index (κ3) is 3.39. The van der Waals surface area contributed by atoms with E-state index in [-0.39, 0.29) is 23.4 Å². The van der Waals surface area contributed by atoms with E-state index in [0.29, 0.717) is 19.3 Å². The van der Waals surface area contributed by atoms with Crippen LogP contribution in [0.1, 0.15) is 19.3 Å². The van der Waals surface area contributed by atoms with Crippen LogP contribution in [-0.4, -0.2) is 48.2 Å². The zero-order chi connectivity index (χ0) is 12.1. The van der Waals surface area contributed by atoms with Gasteiger partial charge in [0.25, 0.3) is 0 Å². The van der Waals surface area contributed by atoms with Crippen molar-refractivity contribution in [3.63, 3.8) is 0 Å². The van der Waals surface area contributed by atoms with Crippen LogP contribution in [0, 0.1) is 5.92 Å². The number of ether oxygens (including phenoxy) is 2. The number of nitrogens with zero attached hydrogens (tertiary/aromatic N) is 1. The third-order valence-corrected chi connectivity index (χ3v) is 2.80. The molecule has 2 N–H and O–H groups in total. The monoisotopic (exact) mass is 235 g/mol. The fourth-order valence-corrected chi connectivity index (χ4v) is 1.97. The topological polar surface area (TPSA) is 88.5 Å². The molecule has 0 aliphatic heterocycles. The van der Waals surface area contributed by atoms with E-state index in [9.17, 15) is 4.79 Å². The Morgan fingerprint density at radius 2 is 1.94 bits per heavy atom. The molecule has 0 spiro atoms. The molecule has 1 saturated carbocycles. The highest BCUT2D eigenvalue weighted by Gasteiger charge is 2.36. The Labute approximate surface area is 93.4 Å². The molecule has 0 heterocycles. The van der Waals surface area contributed by atoms with Crippen LogP contribution in [0.3, 0.4) is 0 Å². The smallest absolute Gasteiger partial charge is 0.308 e. The molecule has 0 aromatic carbocycles. The van der Waals surface area contributed by atoms with E-state index >= 15 is 0 Å². The van der Waals surface area contributed by atoms with Gasteiger partial charge in [-0.3, -0.25) is 15.2 Å². The summed E-state index contributed by atoms with van der Waals surface area (Å²) in [5, 5.41) is 16.8. The predicted molar refractivity (Wildman–Crippen MR) is 50.4 cm³/mol. The minimum atomic E-state index is -0.471. The van der Waals surface area contributed by atoms with Crippen molar-refractivity contribution in [1.82, 2.24) is 5.39 Å². The molecule has 1 aliphatic rings. The van der Waals surface area contributed by atoms with Gasteiger partial charge in [0.2, 0.25) is 0 Å². The van der Waals surface area contributed by atoms with Crippen LogP contribution in [0.2, 0.25) is 0 Å². The first-order chi connectivity index (χ1) is 7.58. The van der Waals surface area contributed by atoms with Gasteiger partial charge in [-0.1, -0.05) is 0 Å². The number of rotatable bonds is 4. The quantitative estimate of drug-likeness (QED) is 0.537. The normalized spacial score (nSPS) is 30.4. The maximum Gasteiger partial charge on any atom is 0.308 e. The molecular formula is C9H17NO6. The number of esters is 1. The van der Waals surface area contributed by atoms with Crippen molar-refractivity contribution in [1.29, 1.82) is 0 Å². The Bertz CT molecular complexity index is 234. The summed E-state index contributed by atoms with van der Waals surface area (Å²) >= 11 is 0. The zero-order valence-electron chi connectivity index (χ0n) is 9.33. The molecule has 1 rings (SSSR count). The highest BCUT2D eigenvalue weighted by molar-refractivity contribution is 5.72. The Balaban J connectivity index is 2.53. The van der Waals surface area contributed by atoms with Gasteiger partial charge in [0.15, 0.2) is 0 Å². The van der Waals surface area contributed by atoms with Gasteiger partial charge in [0, 0.05) is 7.11 Å². The van der Waals surface area contributed by atoms with Crippen molar-refractivity contribution in [2.45, 2.75) is 31.5 Å². The molecule has 1 aliphatic carbocycles. The maximum absolute atomic E-state index is 11.3. The fraction of sp³-hybridized carbons (Fsp3) is 0.889. The zero-order valence-corrected chi connectivity index (χ0v) is 9.33. The maximum atomic E-state index is 11.3. The Kier molecular flexibility index (Phi) is 5.10. The molecule has 16 heavy (non-hydrogen) atoms. The summed E-state index contributed by atoms with van der Waals surface area (Å²) in [4.78, 5) is 16.1. The van der Waals surface area contributed by atoms with Crippen molar-refractivity contribution in [2.24, 2.45) is 5.92 Å². The van der Waals surface area contributed by atoms with E-state index < -0.39 is 6.10 Å². The van der Waals surface area contributed by atoms with Crippen LogP contribution >= 0.6 is 0 Å². The lowest BCUT2D eigenvalue weighted by Gasteiger charge is -2.33. The van der Waals surface area contributed by atoms with Crippen molar-refractivity contribution in [3.8, 4) is 0 Å². The molecule has 0 amide bonds. The summed E-state index contributed by atoms with van der Waals surface area (Å²) in [6.45, 7) is 0. The Hall–Kier alpha value is -0.730. The second-order valence-corrected chi connectivity index (χ2v) is 3.70. The largest absolute Gasteiger partial charge is 0.469 e. The molecule has 7 heteroatoms. The van der Waals surface area contributed by atoms with E-state index in [2.05, 4.69) is 4.74 Å². The fourth-order valence-electron chi connectivity index (χ4n) is 1.97. The van der Waals surface area contributed by atoms with Gasteiger partial charge in [-0.15, -0.1) is 0 Å². The molecule has 0 aromatic rings. The van der Waals surface area contributed by atoms with Gasteiger partial charge in [0.05, 0.1) is 24.5 Å². The van der Waals surface area contributed by atoms with E-state index in [1.54, 1.807) is 0 Å². The number of methoxy groups -OCH3 is 2. The second kappa shape index (κ2) is 6.12. The average molecular weight is 235 g/mol. The summed E-state index contributed by atoms with van der Waals surface area (Å²) in [7, 11) is 2.83. The van der Waals surface area contributed by atoms with Gasteiger partial charge in [-0.05, 0) is 19.3 Å². The highest BCUT2D eigenvalue weighted by atomic mass is 17.1. The summed E-state index contributed by atoms with van der Waals surface area (Å²) in [6, 6.07) is 0. The molecule has 0 unspecified atom stereocenters. The van der Waals surface area contributed by atoms with E-state index in [1.165, 1.54) is 14.2 Å². The first-order valence-electron chi connectivity index (χ1n) is 5.03. The highest BCUT2D eigenvalue weighted by Crippen LogP contribution is 2.29. The van der Waals surface area contributed by atoms with Crippen LogP contribution < -0.4 is 0 Å². The third-order valence-electron chi connectivity index (χ3n) is 2.80. The van der Waals surface area contributed by atoms with Gasteiger partial charge < -0.3 is 9.47 Å². The average Bonchev–Trinajstić information content (AvgIpc) is 2.27. The van der Waals surface area contributed by atoms with Crippen LogP contribution in [0.4, 0.5) is 0 Å². The predicted octanol–water partition coefficient (Wildman–Crippen LogP) is 0.355. The molecule has 94 valence electrons. The second-order valence-electron chi connectivity index (χ2n) is 3.70. The van der Waals surface area contributed by atoms with Gasteiger partial charge in [0.1, 0.15) is 6.10 Å². The minimum absolute atomic E-state index is 0.222. The molecular weight excluding hydrogens is 218 g/mol. The number of carbonyl (C=O) groups excluding carboxylic acids is 1. The van der Waals surface area contributed by atoms with E-state index in [4.69, 9.17) is 20.0 Å². The lowest BCUT2D eigenvalue weighted by atomic mass is 9.85. The van der Waals surface area contributed by atoms with Crippen molar-refractivity contribution >= 4 is 5.97 Å². The van der Waals surface area contributed by atoms with Crippen LogP contribution in [0.15, 0.2) is 0 Å². The first kappa shape index (κ1) is 13.3. The molecule has 3 atom stereocenters.